The Labute approximate surface area is 179 Å². The molecule has 0 bridgehead atoms. The normalized spacial score (nSPS) is 12.8. The smallest absolute Gasteiger partial charge is 0.232 e. The van der Waals surface area contributed by atoms with Gasteiger partial charge in [0.25, 0.3) is 0 Å². The van der Waals surface area contributed by atoms with Crippen molar-refractivity contribution < 1.29 is 9.90 Å². The predicted molar refractivity (Wildman–Crippen MR) is 120 cm³/mol. The van der Waals surface area contributed by atoms with E-state index < -0.39 is 5.41 Å². The molecule has 2 aromatic heterocycles. The monoisotopic (exact) mass is 420 g/mol. The maximum atomic E-state index is 13.3. The summed E-state index contributed by atoms with van der Waals surface area (Å²) >= 11 is 1.41. The topological polar surface area (TPSA) is 80.0 Å². The van der Waals surface area contributed by atoms with E-state index in [0.717, 1.165) is 22.0 Å². The third-order valence-electron chi connectivity index (χ3n) is 5.40. The molecule has 2 N–H and O–H groups in total. The number of aliphatic hydroxyl groups is 1. The van der Waals surface area contributed by atoms with Gasteiger partial charge in [0.15, 0.2) is 5.13 Å². The number of hydrogen-bond donors (Lipinski definition) is 2. The maximum Gasteiger partial charge on any atom is 0.232 e. The highest BCUT2D eigenvalue weighted by Crippen LogP contribution is 2.42. The predicted octanol–water partition coefficient (Wildman–Crippen LogP) is 4.28. The van der Waals surface area contributed by atoms with Crippen LogP contribution in [0, 0.1) is 5.41 Å². The quantitative estimate of drug-likeness (QED) is 0.468. The van der Waals surface area contributed by atoms with Crippen molar-refractivity contribution in [1.82, 2.24) is 14.8 Å². The van der Waals surface area contributed by atoms with Gasteiger partial charge in [-0.1, -0.05) is 50.2 Å². The number of aromatic nitrogens is 3. The van der Waals surface area contributed by atoms with Gasteiger partial charge in [-0.3, -0.25) is 9.48 Å². The van der Waals surface area contributed by atoms with E-state index in [-0.39, 0.29) is 18.4 Å². The zero-order valence-electron chi connectivity index (χ0n) is 16.9. The average molecular weight is 421 g/mol. The summed E-state index contributed by atoms with van der Waals surface area (Å²) in [6.45, 7) is 4.42. The lowest BCUT2D eigenvalue weighted by Crippen LogP contribution is -2.37. The Kier molecular flexibility index (Phi) is 5.65. The molecule has 0 aliphatic rings. The summed E-state index contributed by atoms with van der Waals surface area (Å²) in [6, 6.07) is 16.2. The summed E-state index contributed by atoms with van der Waals surface area (Å²) < 4.78 is 1.79. The molecule has 30 heavy (non-hydrogen) atoms. The number of amides is 1. The molecule has 4 rings (SSSR count). The molecular formula is C23H24N4O2S. The van der Waals surface area contributed by atoms with Crippen LogP contribution < -0.4 is 5.32 Å². The van der Waals surface area contributed by atoms with Gasteiger partial charge in [-0.25, -0.2) is 4.98 Å². The van der Waals surface area contributed by atoms with E-state index >= 15 is 0 Å². The number of fused-ring (bicyclic) bond motifs is 1. The molecule has 1 atom stereocenters. The molecule has 7 heteroatoms. The van der Waals surface area contributed by atoms with Crippen LogP contribution in [0.5, 0.6) is 0 Å². The molecule has 154 valence electrons. The van der Waals surface area contributed by atoms with Crippen LogP contribution in [0.1, 0.15) is 30.9 Å². The summed E-state index contributed by atoms with van der Waals surface area (Å²) in [5, 5.41) is 20.0. The summed E-state index contributed by atoms with van der Waals surface area (Å²) in [6.07, 6.45) is 3.49. The number of benzene rings is 2. The third kappa shape index (κ3) is 3.86. The Morgan fingerprint density at radius 2 is 2.00 bits per heavy atom. The first kappa shape index (κ1) is 20.3. The highest BCUT2D eigenvalue weighted by molar-refractivity contribution is 7.13. The van der Waals surface area contributed by atoms with Crippen molar-refractivity contribution in [2.75, 3.05) is 11.9 Å². The number of hydrogen-bond acceptors (Lipinski definition) is 5. The van der Waals surface area contributed by atoms with Crippen molar-refractivity contribution in [3.8, 4) is 0 Å². The minimum Gasteiger partial charge on any atom is -0.394 e. The fraction of sp³-hybridized carbons (Fsp3) is 0.261. The highest BCUT2D eigenvalue weighted by atomic mass is 32.1. The molecule has 0 radical (unpaired) electrons. The fourth-order valence-electron chi connectivity index (χ4n) is 3.90. The number of thiazole rings is 1. The van der Waals surface area contributed by atoms with Crippen LogP contribution in [-0.2, 0) is 11.3 Å². The fourth-order valence-corrected chi connectivity index (χ4v) is 4.43. The number of aliphatic hydroxyl groups excluding tert-OH is 1. The molecule has 1 unspecified atom stereocenters. The van der Waals surface area contributed by atoms with E-state index in [1.54, 1.807) is 17.1 Å². The molecule has 0 aliphatic heterocycles. The van der Waals surface area contributed by atoms with Crippen LogP contribution in [0.15, 0.2) is 66.3 Å². The first-order valence-corrected chi connectivity index (χ1v) is 10.7. The van der Waals surface area contributed by atoms with Crippen LogP contribution in [0.4, 0.5) is 5.13 Å². The molecule has 2 aromatic carbocycles. The molecule has 6 nitrogen and oxygen atoms in total. The van der Waals surface area contributed by atoms with Gasteiger partial charge in [-0.05, 0) is 23.3 Å². The molecule has 0 spiro atoms. The second-order valence-corrected chi connectivity index (χ2v) is 8.66. The Morgan fingerprint density at radius 1 is 1.20 bits per heavy atom. The third-order valence-corrected chi connectivity index (χ3v) is 6.09. The van der Waals surface area contributed by atoms with E-state index in [1.807, 2.05) is 49.6 Å². The van der Waals surface area contributed by atoms with Crippen molar-refractivity contribution in [2.24, 2.45) is 5.41 Å². The van der Waals surface area contributed by atoms with Gasteiger partial charge in [0.2, 0.25) is 5.91 Å². The van der Waals surface area contributed by atoms with Crippen LogP contribution in [0.25, 0.3) is 10.9 Å². The molecule has 2 heterocycles. The van der Waals surface area contributed by atoms with E-state index in [0.29, 0.717) is 11.7 Å². The molecule has 0 saturated carbocycles. The number of anilines is 1. The Morgan fingerprint density at radius 3 is 2.70 bits per heavy atom. The number of carbonyl (C=O) groups excluding carboxylic acids is 1. The van der Waals surface area contributed by atoms with Gasteiger partial charge in [0.05, 0.1) is 30.3 Å². The minimum atomic E-state index is -0.734. The second-order valence-electron chi connectivity index (χ2n) is 7.77. The van der Waals surface area contributed by atoms with Crippen LogP contribution >= 0.6 is 11.3 Å². The van der Waals surface area contributed by atoms with Crippen LogP contribution in [0.3, 0.4) is 0 Å². The van der Waals surface area contributed by atoms with E-state index in [9.17, 15) is 9.90 Å². The van der Waals surface area contributed by atoms with Crippen molar-refractivity contribution in [2.45, 2.75) is 26.3 Å². The highest BCUT2D eigenvalue weighted by Gasteiger charge is 2.39. The van der Waals surface area contributed by atoms with Gasteiger partial charge in [0.1, 0.15) is 0 Å². The van der Waals surface area contributed by atoms with Crippen molar-refractivity contribution in [3.63, 3.8) is 0 Å². The largest absolute Gasteiger partial charge is 0.394 e. The SMILES string of the molecule is CC(C)(C(=O)Nc1nccs1)C(c1ccccc1)c1ccc2c(cnn2CCO)c1. The molecular weight excluding hydrogens is 396 g/mol. The molecule has 1 amide bonds. The summed E-state index contributed by atoms with van der Waals surface area (Å²) in [5.74, 6) is -0.244. The van der Waals surface area contributed by atoms with E-state index in [1.165, 1.54) is 11.3 Å². The van der Waals surface area contributed by atoms with Crippen LogP contribution in [-0.4, -0.2) is 32.4 Å². The minimum absolute atomic E-state index is 0.0368. The van der Waals surface area contributed by atoms with Gasteiger partial charge >= 0.3 is 0 Å². The lowest BCUT2D eigenvalue weighted by molar-refractivity contribution is -0.124. The molecule has 4 aromatic rings. The number of nitrogens with one attached hydrogen (secondary N) is 1. The standard InChI is InChI=1S/C23H24N4O2S/c1-23(2,21(29)26-22-24-10-13-30-22)20(16-6-4-3-5-7-16)17-8-9-19-18(14-17)15-25-27(19)11-12-28/h3-10,13-15,20,28H,11-12H2,1-2H3,(H,24,26,29). The van der Waals surface area contributed by atoms with Gasteiger partial charge in [0, 0.05) is 22.9 Å². The van der Waals surface area contributed by atoms with Crippen molar-refractivity contribution in [1.29, 1.82) is 0 Å². The lowest BCUT2D eigenvalue weighted by Gasteiger charge is -2.34. The average Bonchev–Trinajstić information content (AvgIpc) is 3.39. The zero-order chi connectivity index (χ0) is 21.1. The molecule has 0 fully saturated rings. The summed E-state index contributed by atoms with van der Waals surface area (Å²) in [7, 11) is 0. The zero-order valence-corrected chi connectivity index (χ0v) is 17.8. The second kappa shape index (κ2) is 8.38. The van der Waals surface area contributed by atoms with Crippen molar-refractivity contribution in [3.05, 3.63) is 77.4 Å². The first-order chi connectivity index (χ1) is 14.5. The van der Waals surface area contributed by atoms with Gasteiger partial charge in [-0.2, -0.15) is 5.10 Å². The van der Waals surface area contributed by atoms with Crippen LogP contribution in [0.2, 0.25) is 0 Å². The first-order valence-electron chi connectivity index (χ1n) is 9.83. The van der Waals surface area contributed by atoms with E-state index in [2.05, 4.69) is 33.6 Å². The van der Waals surface area contributed by atoms with E-state index in [4.69, 9.17) is 0 Å². The molecule has 0 aliphatic carbocycles. The molecule has 0 saturated heterocycles. The van der Waals surface area contributed by atoms with Crippen molar-refractivity contribution >= 4 is 33.3 Å². The lowest BCUT2D eigenvalue weighted by atomic mass is 9.70. The maximum absolute atomic E-state index is 13.3. The van der Waals surface area contributed by atoms with Gasteiger partial charge in [-0.15, -0.1) is 11.3 Å². The Balaban J connectivity index is 1.77. The number of nitrogens with zero attached hydrogens (tertiary/aromatic N) is 3. The Hall–Kier alpha value is -3.03. The number of carbonyl (C=O) groups is 1. The summed E-state index contributed by atoms with van der Waals surface area (Å²) in [5.41, 5.74) is 2.34. The summed E-state index contributed by atoms with van der Waals surface area (Å²) in [4.78, 5) is 17.5. The van der Waals surface area contributed by atoms with Gasteiger partial charge < -0.3 is 10.4 Å². The Bertz CT molecular complexity index is 1140. The number of rotatable bonds is 7.